The normalized spacial score (nSPS) is 18.7. The van der Waals surface area contributed by atoms with Crippen molar-refractivity contribution in [2.75, 3.05) is 18.5 Å². The highest BCUT2D eigenvalue weighted by Crippen LogP contribution is 2.50. The smallest absolute Gasteiger partial charge is 0.269 e. The number of anilines is 1. The van der Waals surface area contributed by atoms with E-state index in [-0.39, 0.29) is 5.91 Å². The molecular formula is C28H22N4OS2. The van der Waals surface area contributed by atoms with Crippen molar-refractivity contribution in [2.45, 2.75) is 11.3 Å². The molecule has 4 aromatic rings. The Kier molecular flexibility index (Phi) is 5.80. The molecule has 0 bridgehead atoms. The van der Waals surface area contributed by atoms with Crippen LogP contribution in [0.15, 0.2) is 111 Å². The molecule has 0 aliphatic carbocycles. The Morgan fingerprint density at radius 2 is 1.71 bits per heavy atom. The fraction of sp³-hybridized carbons (Fsp3) is 0.107. The third kappa shape index (κ3) is 4.11. The summed E-state index contributed by atoms with van der Waals surface area (Å²) in [5.41, 5.74) is 4.02. The summed E-state index contributed by atoms with van der Waals surface area (Å²) in [5, 5.41) is 2.63. The van der Waals surface area contributed by atoms with E-state index in [1.807, 2.05) is 72.6 Å². The van der Waals surface area contributed by atoms with Crippen molar-refractivity contribution in [3.8, 4) is 0 Å². The van der Waals surface area contributed by atoms with E-state index in [2.05, 4.69) is 34.1 Å². The topological polar surface area (TPSA) is 48.8 Å². The molecule has 2 aliphatic rings. The molecule has 1 fully saturated rings. The van der Waals surface area contributed by atoms with Crippen molar-refractivity contribution in [3.63, 3.8) is 0 Å². The zero-order valence-electron chi connectivity index (χ0n) is 19.1. The monoisotopic (exact) mass is 494 g/mol. The number of thioether (sulfide) groups is 2. The second-order valence-corrected chi connectivity index (χ2v) is 10.3. The van der Waals surface area contributed by atoms with Gasteiger partial charge in [0.25, 0.3) is 5.91 Å². The first-order chi connectivity index (χ1) is 17.2. The van der Waals surface area contributed by atoms with Crippen LogP contribution in [-0.2, 0) is 11.2 Å². The van der Waals surface area contributed by atoms with Gasteiger partial charge >= 0.3 is 0 Å². The Morgan fingerprint density at radius 1 is 0.886 bits per heavy atom. The first kappa shape index (κ1) is 21.9. The summed E-state index contributed by atoms with van der Waals surface area (Å²) in [7, 11) is 2.02. The van der Waals surface area contributed by atoms with Gasteiger partial charge in [0.15, 0.2) is 5.17 Å². The molecule has 1 aromatic heterocycles. The number of amides is 1. The largest absolute Gasteiger partial charge is 0.337 e. The van der Waals surface area contributed by atoms with Crippen LogP contribution in [0, 0.1) is 0 Å². The van der Waals surface area contributed by atoms with E-state index in [0.29, 0.717) is 11.7 Å². The fourth-order valence-corrected chi connectivity index (χ4v) is 6.65. The molecule has 0 atom stereocenters. The van der Waals surface area contributed by atoms with Gasteiger partial charge in [0.1, 0.15) is 4.91 Å². The van der Waals surface area contributed by atoms with Crippen molar-refractivity contribution in [2.24, 2.45) is 4.99 Å². The average Bonchev–Trinajstić information content (AvgIpc) is 3.39. The summed E-state index contributed by atoms with van der Waals surface area (Å²) in [6.45, 7) is 0.565. The molecule has 35 heavy (non-hydrogen) atoms. The molecule has 3 aromatic carbocycles. The third-order valence-electron chi connectivity index (χ3n) is 6.10. The van der Waals surface area contributed by atoms with Gasteiger partial charge in [0, 0.05) is 30.1 Å². The predicted molar refractivity (Wildman–Crippen MR) is 146 cm³/mol. The minimum atomic E-state index is 0.00481. The third-order valence-corrected chi connectivity index (χ3v) is 8.53. The van der Waals surface area contributed by atoms with Crippen LogP contribution >= 0.6 is 23.5 Å². The van der Waals surface area contributed by atoms with E-state index >= 15 is 0 Å². The first-order valence-electron chi connectivity index (χ1n) is 11.4. The number of hydrogen-bond donors (Lipinski definition) is 0. The predicted octanol–water partition coefficient (Wildman–Crippen LogP) is 6.45. The van der Waals surface area contributed by atoms with Gasteiger partial charge in [-0.3, -0.25) is 14.7 Å². The number of carbonyl (C=O) groups is 1. The van der Waals surface area contributed by atoms with Gasteiger partial charge in [-0.15, -0.1) is 0 Å². The molecule has 5 nitrogen and oxygen atoms in total. The van der Waals surface area contributed by atoms with Crippen LogP contribution < -0.4 is 4.90 Å². The zero-order chi connectivity index (χ0) is 23.8. The van der Waals surface area contributed by atoms with Crippen LogP contribution in [0.4, 0.5) is 11.4 Å². The van der Waals surface area contributed by atoms with Gasteiger partial charge in [-0.2, -0.15) is 0 Å². The molecule has 7 heteroatoms. The minimum Gasteiger partial charge on any atom is -0.337 e. The molecule has 3 heterocycles. The standard InChI is InChI=1S/C28H22N4OS2/c1-31-23-14-5-6-15-24(23)34-27(31)25-26(33)32(18-16-19-9-3-2-4-10-19)28(35-25)30-22-13-7-12-21-20(22)11-8-17-29-21/h2-15,17H,16,18H2,1H3. The summed E-state index contributed by atoms with van der Waals surface area (Å²) in [4.78, 5) is 29.1. The second kappa shape index (κ2) is 9.24. The number of amidine groups is 1. The van der Waals surface area contributed by atoms with Crippen LogP contribution in [0.5, 0.6) is 0 Å². The summed E-state index contributed by atoms with van der Waals surface area (Å²) in [6, 6.07) is 28.4. The number of benzene rings is 3. The Bertz CT molecular complexity index is 1490. The van der Waals surface area contributed by atoms with E-state index in [1.54, 1.807) is 18.0 Å². The molecule has 0 unspecified atom stereocenters. The highest BCUT2D eigenvalue weighted by Gasteiger charge is 2.39. The average molecular weight is 495 g/mol. The molecule has 2 aliphatic heterocycles. The van der Waals surface area contributed by atoms with Gasteiger partial charge < -0.3 is 4.90 Å². The maximum atomic E-state index is 13.8. The lowest BCUT2D eigenvalue weighted by atomic mass is 10.1. The number of fused-ring (bicyclic) bond motifs is 2. The minimum absolute atomic E-state index is 0.00481. The van der Waals surface area contributed by atoms with E-state index in [1.165, 1.54) is 17.3 Å². The lowest BCUT2D eigenvalue weighted by Crippen LogP contribution is -2.31. The Labute approximate surface area is 212 Å². The van der Waals surface area contributed by atoms with Crippen LogP contribution in [0.1, 0.15) is 5.56 Å². The molecule has 0 spiro atoms. The van der Waals surface area contributed by atoms with E-state index in [9.17, 15) is 4.79 Å². The number of rotatable bonds is 4. The number of hydrogen-bond acceptors (Lipinski definition) is 6. The number of pyridine rings is 1. The molecular weight excluding hydrogens is 472 g/mol. The fourth-order valence-electron chi connectivity index (χ4n) is 4.29. The number of nitrogens with zero attached hydrogens (tertiary/aromatic N) is 4. The zero-order valence-corrected chi connectivity index (χ0v) is 20.7. The van der Waals surface area contributed by atoms with Gasteiger partial charge in [-0.1, -0.05) is 60.3 Å². The molecule has 6 rings (SSSR count). The van der Waals surface area contributed by atoms with Gasteiger partial charge in [-0.25, -0.2) is 4.99 Å². The molecule has 1 amide bonds. The SMILES string of the molecule is CN1C(=C2SC(=Nc3cccc4ncccc34)N(CCc3ccccc3)C2=O)Sc2ccccc21. The summed E-state index contributed by atoms with van der Waals surface area (Å²) in [5.74, 6) is 0.00481. The highest BCUT2D eigenvalue weighted by atomic mass is 32.2. The summed E-state index contributed by atoms with van der Waals surface area (Å²) < 4.78 is 0. The summed E-state index contributed by atoms with van der Waals surface area (Å²) >= 11 is 3.11. The number of carbonyl (C=O) groups excluding carboxylic acids is 1. The molecule has 0 radical (unpaired) electrons. The van der Waals surface area contributed by atoms with Crippen LogP contribution in [0.3, 0.4) is 0 Å². The lowest BCUT2D eigenvalue weighted by Gasteiger charge is -2.17. The van der Waals surface area contributed by atoms with Crippen molar-refractivity contribution in [1.82, 2.24) is 9.88 Å². The van der Waals surface area contributed by atoms with E-state index in [0.717, 1.165) is 43.5 Å². The highest BCUT2D eigenvalue weighted by molar-refractivity contribution is 8.19. The molecule has 0 N–H and O–H groups in total. The number of aromatic nitrogens is 1. The van der Waals surface area contributed by atoms with Crippen molar-refractivity contribution < 1.29 is 4.79 Å². The Balaban J connectivity index is 1.41. The van der Waals surface area contributed by atoms with Crippen LogP contribution in [-0.4, -0.2) is 34.6 Å². The van der Waals surface area contributed by atoms with E-state index in [4.69, 9.17) is 4.99 Å². The maximum Gasteiger partial charge on any atom is 0.269 e. The quantitative estimate of drug-likeness (QED) is 0.305. The molecule has 0 saturated carbocycles. The lowest BCUT2D eigenvalue weighted by molar-refractivity contribution is -0.122. The Morgan fingerprint density at radius 3 is 2.57 bits per heavy atom. The van der Waals surface area contributed by atoms with Gasteiger partial charge in [0.2, 0.25) is 0 Å². The molecule has 172 valence electrons. The van der Waals surface area contributed by atoms with Crippen LogP contribution in [0.2, 0.25) is 0 Å². The van der Waals surface area contributed by atoms with Crippen molar-refractivity contribution in [3.05, 3.63) is 107 Å². The van der Waals surface area contributed by atoms with Crippen molar-refractivity contribution in [1.29, 1.82) is 0 Å². The molecule has 1 saturated heterocycles. The first-order valence-corrected chi connectivity index (χ1v) is 13.0. The van der Waals surface area contributed by atoms with Crippen molar-refractivity contribution >= 4 is 56.9 Å². The maximum absolute atomic E-state index is 13.8. The van der Waals surface area contributed by atoms with Gasteiger partial charge in [-0.05, 0) is 60.1 Å². The number of para-hydroxylation sites is 1. The van der Waals surface area contributed by atoms with Crippen LogP contribution in [0.25, 0.3) is 10.9 Å². The second-order valence-electron chi connectivity index (χ2n) is 8.30. The summed E-state index contributed by atoms with van der Waals surface area (Å²) in [6.07, 6.45) is 2.54. The van der Waals surface area contributed by atoms with E-state index < -0.39 is 0 Å². The van der Waals surface area contributed by atoms with Gasteiger partial charge in [0.05, 0.1) is 21.9 Å². The number of aliphatic imine (C=N–C) groups is 1. The Hall–Kier alpha value is -3.55.